The number of benzene rings is 1. The van der Waals surface area contributed by atoms with Gasteiger partial charge in [-0.2, -0.15) is 0 Å². The van der Waals surface area contributed by atoms with Crippen LogP contribution < -0.4 is 10.0 Å². The van der Waals surface area contributed by atoms with Gasteiger partial charge in [0, 0.05) is 24.9 Å². The lowest BCUT2D eigenvalue weighted by atomic mass is 9.91. The molecule has 1 aromatic rings. The molecule has 2 saturated carbocycles. The number of alkyl carbamates (subject to hydrolysis) is 1. The van der Waals surface area contributed by atoms with E-state index in [1.165, 1.54) is 21.9 Å². The molecule has 278 valence electrons. The van der Waals surface area contributed by atoms with Crippen LogP contribution >= 0.6 is 0 Å². The molecule has 1 aromatic carbocycles. The molecule has 4 fully saturated rings. The quantitative estimate of drug-likeness (QED) is 0.353. The highest BCUT2D eigenvalue weighted by atomic mass is 32.2. The summed E-state index contributed by atoms with van der Waals surface area (Å²) in [6.45, 7) is 9.03. The van der Waals surface area contributed by atoms with E-state index in [9.17, 15) is 36.8 Å². The Labute approximate surface area is 297 Å². The zero-order valence-electron chi connectivity index (χ0n) is 29.3. The lowest BCUT2D eigenvalue weighted by molar-refractivity contribution is -0.143. The van der Waals surface area contributed by atoms with Crippen LogP contribution in [0.1, 0.15) is 96.1 Å². The minimum atomic E-state index is -3.89. The number of nitrogens with zero attached hydrogens (tertiary/aromatic N) is 2. The molecule has 2 saturated heterocycles. The van der Waals surface area contributed by atoms with Gasteiger partial charge in [0.05, 0.1) is 29.3 Å². The fourth-order valence-electron chi connectivity index (χ4n) is 7.74. The van der Waals surface area contributed by atoms with Gasteiger partial charge in [0.15, 0.2) is 5.78 Å². The maximum atomic E-state index is 14.5. The molecule has 2 N–H and O–H groups in total. The average Bonchev–Trinajstić information content (AvgIpc) is 3.94. The monoisotopic (exact) mass is 730 g/mol. The Morgan fingerprint density at radius 1 is 1.08 bits per heavy atom. The van der Waals surface area contributed by atoms with Crippen molar-refractivity contribution in [2.75, 3.05) is 0 Å². The van der Waals surface area contributed by atoms with Crippen molar-refractivity contribution in [3.63, 3.8) is 0 Å². The summed E-state index contributed by atoms with van der Waals surface area (Å²) < 4.78 is 53.6. The normalized spacial score (nSPS) is 29.1. The van der Waals surface area contributed by atoms with Crippen LogP contribution in [0.25, 0.3) is 0 Å². The number of ether oxygens (including phenoxy) is 2. The smallest absolute Gasteiger partial charge is 0.410 e. The zero-order valence-corrected chi connectivity index (χ0v) is 30.1. The topological polar surface area (TPSA) is 168 Å². The number of ketones is 1. The molecule has 6 rings (SSSR count). The fraction of sp³-hybridized carbons (Fsp3) is 0.639. The van der Waals surface area contributed by atoms with E-state index in [1.807, 2.05) is 0 Å². The number of carbonyl (C=O) groups excluding carboxylic acids is 5. The molecule has 0 unspecified atom stereocenters. The molecule has 0 spiro atoms. The third-order valence-corrected chi connectivity index (χ3v) is 12.5. The van der Waals surface area contributed by atoms with Crippen molar-refractivity contribution < 1.29 is 46.3 Å². The lowest BCUT2D eigenvalue weighted by Crippen LogP contribution is -2.55. The summed E-state index contributed by atoms with van der Waals surface area (Å²) in [7, 11) is -3.89. The maximum absolute atomic E-state index is 14.5. The lowest BCUT2D eigenvalue weighted by Gasteiger charge is -2.34. The number of rotatable bonds is 9. The summed E-state index contributed by atoms with van der Waals surface area (Å²) in [5.41, 5.74) is -1.12. The van der Waals surface area contributed by atoms with Crippen LogP contribution in [0.3, 0.4) is 0 Å². The van der Waals surface area contributed by atoms with Crippen molar-refractivity contribution in [2.45, 2.75) is 133 Å². The molecule has 5 aliphatic rings. The third-order valence-electron chi connectivity index (χ3n) is 10.7. The van der Waals surface area contributed by atoms with Gasteiger partial charge in [0.2, 0.25) is 21.8 Å². The van der Waals surface area contributed by atoms with Gasteiger partial charge in [-0.25, -0.2) is 22.4 Å². The van der Waals surface area contributed by atoms with E-state index < -0.39 is 92.0 Å². The first kappa shape index (κ1) is 36.8. The maximum Gasteiger partial charge on any atom is 0.410 e. The van der Waals surface area contributed by atoms with Gasteiger partial charge in [0.25, 0.3) is 0 Å². The van der Waals surface area contributed by atoms with Gasteiger partial charge in [-0.15, -0.1) is 6.58 Å². The molecule has 6 atom stereocenters. The molecule has 3 heterocycles. The minimum Gasteiger partial charge on any atom is -0.444 e. The van der Waals surface area contributed by atoms with Gasteiger partial charge >= 0.3 is 12.2 Å². The van der Waals surface area contributed by atoms with Crippen LogP contribution in [0.4, 0.5) is 14.0 Å². The first-order valence-electron chi connectivity index (χ1n) is 17.8. The van der Waals surface area contributed by atoms with Gasteiger partial charge in [-0.3, -0.25) is 24.0 Å². The number of amides is 4. The molecular weight excluding hydrogens is 683 g/mol. The van der Waals surface area contributed by atoms with Gasteiger partial charge in [0.1, 0.15) is 23.6 Å². The van der Waals surface area contributed by atoms with Gasteiger partial charge in [-0.1, -0.05) is 37.5 Å². The van der Waals surface area contributed by atoms with Crippen molar-refractivity contribution >= 4 is 39.8 Å². The molecule has 13 nitrogen and oxygen atoms in total. The number of halogens is 1. The standard InChI is InChI=1S/C36H47FN4O9S/c1-5-22-17-36(22,32(44)39-51(47,48)23-14-15-23)18-29(42)28-16-30(49-34(46)40-19-21-10-9-11-25(37)24(21)20-40)27-13-8-6-7-12-26(31(43)41(27)28)38-33(45)50-35(2,3)4/h5,9-11,22-23,26-28,30H,1,6-8,12-20H2,2-4H3,(H,38,45)(H,39,44)/t22-,26+,27+,28+,30-,36-/m1/s1. The summed E-state index contributed by atoms with van der Waals surface area (Å²) in [4.78, 5) is 71.6. The van der Waals surface area contributed by atoms with Gasteiger partial charge in [-0.05, 0) is 70.4 Å². The van der Waals surface area contributed by atoms with E-state index in [1.54, 1.807) is 32.9 Å². The largest absolute Gasteiger partial charge is 0.444 e. The molecule has 0 aromatic heterocycles. The zero-order chi connectivity index (χ0) is 36.9. The predicted octanol–water partition coefficient (Wildman–Crippen LogP) is 4.23. The van der Waals surface area contributed by atoms with Crippen LogP contribution in [-0.2, 0) is 47.0 Å². The number of hydrogen-bond acceptors (Lipinski definition) is 9. The van der Waals surface area contributed by atoms with Crippen molar-refractivity contribution in [3.05, 3.63) is 47.8 Å². The highest BCUT2D eigenvalue weighted by molar-refractivity contribution is 7.90. The number of Topliss-reactive ketones (excluding diaryl/α,β-unsaturated/α-hetero) is 1. The van der Waals surface area contributed by atoms with Crippen LogP contribution in [0, 0.1) is 17.2 Å². The summed E-state index contributed by atoms with van der Waals surface area (Å²) in [5, 5.41) is 2.05. The second kappa shape index (κ2) is 13.8. The van der Waals surface area contributed by atoms with E-state index in [4.69, 9.17) is 9.47 Å². The number of hydrogen-bond donors (Lipinski definition) is 2. The summed E-state index contributed by atoms with van der Waals surface area (Å²) in [5.74, 6) is -2.67. The van der Waals surface area contributed by atoms with Gasteiger partial charge < -0.3 is 19.7 Å². The molecule has 2 aliphatic carbocycles. The molecule has 4 amide bonds. The summed E-state index contributed by atoms with van der Waals surface area (Å²) in [6, 6.07) is 1.74. The van der Waals surface area contributed by atoms with Crippen molar-refractivity contribution in [1.29, 1.82) is 0 Å². The average molecular weight is 731 g/mol. The Morgan fingerprint density at radius 2 is 1.80 bits per heavy atom. The Morgan fingerprint density at radius 3 is 2.45 bits per heavy atom. The fourth-order valence-corrected chi connectivity index (χ4v) is 9.13. The highest BCUT2D eigenvalue weighted by Crippen LogP contribution is 2.57. The second-order valence-corrected chi connectivity index (χ2v) is 17.5. The number of nitrogens with one attached hydrogen (secondary N) is 2. The highest BCUT2D eigenvalue weighted by Gasteiger charge is 2.62. The molecule has 15 heteroatoms. The van der Waals surface area contributed by atoms with Crippen molar-refractivity contribution in [2.24, 2.45) is 11.3 Å². The van der Waals surface area contributed by atoms with E-state index >= 15 is 0 Å². The van der Waals surface area contributed by atoms with E-state index in [0.717, 1.165) is 0 Å². The Kier molecular flexibility index (Phi) is 9.98. The van der Waals surface area contributed by atoms with E-state index in [-0.39, 0.29) is 38.8 Å². The number of allylic oxidation sites excluding steroid dienone is 1. The third kappa shape index (κ3) is 7.77. The Bertz CT molecular complexity index is 1720. The Hall–Kier alpha value is -4.01. The first-order chi connectivity index (χ1) is 24.0. The van der Waals surface area contributed by atoms with Crippen LogP contribution in [0.5, 0.6) is 0 Å². The number of sulfonamides is 1. The number of carbonyl (C=O) groups is 5. The molecule has 3 aliphatic heterocycles. The molecule has 0 radical (unpaired) electrons. The summed E-state index contributed by atoms with van der Waals surface area (Å²) in [6.07, 6.45) is 2.46. The van der Waals surface area contributed by atoms with Crippen LogP contribution in [0.2, 0.25) is 0 Å². The van der Waals surface area contributed by atoms with Crippen molar-refractivity contribution in [1.82, 2.24) is 19.8 Å². The predicted molar refractivity (Wildman–Crippen MR) is 182 cm³/mol. The second-order valence-electron chi connectivity index (χ2n) is 15.6. The van der Waals surface area contributed by atoms with E-state index in [0.29, 0.717) is 49.7 Å². The van der Waals surface area contributed by atoms with E-state index in [2.05, 4.69) is 16.6 Å². The number of fused-ring (bicyclic) bond motifs is 2. The molecular formula is C36H47FN4O9S. The molecule has 0 bridgehead atoms. The van der Waals surface area contributed by atoms with Crippen LogP contribution in [-0.4, -0.2) is 83.1 Å². The first-order valence-corrected chi connectivity index (χ1v) is 19.3. The Balaban J connectivity index is 1.27. The summed E-state index contributed by atoms with van der Waals surface area (Å²) >= 11 is 0. The van der Waals surface area contributed by atoms with Crippen molar-refractivity contribution in [3.8, 4) is 0 Å². The minimum absolute atomic E-state index is 0.00938. The van der Waals surface area contributed by atoms with Crippen LogP contribution in [0.15, 0.2) is 30.9 Å². The molecule has 51 heavy (non-hydrogen) atoms. The SMILES string of the molecule is C=C[C@@H]1C[C@]1(CC(=O)[C@@H]1C[C@@H](OC(=O)N2Cc3cccc(F)c3C2)[C@@H]2CCCCC[C@H](NC(=O)OC(C)(C)C)C(=O)N12)C(=O)NS(=O)(=O)C1CC1.